The highest BCUT2D eigenvalue weighted by Gasteiger charge is 2.31. The van der Waals surface area contributed by atoms with E-state index >= 15 is 0 Å². The third-order valence-corrected chi connectivity index (χ3v) is 3.94. The third-order valence-electron chi connectivity index (χ3n) is 3.94. The van der Waals surface area contributed by atoms with Gasteiger partial charge in [0.25, 0.3) is 0 Å². The molecule has 0 aliphatic carbocycles. The summed E-state index contributed by atoms with van der Waals surface area (Å²) in [5, 5.41) is 22.0. The molecule has 0 spiro atoms. The molecule has 2 atom stereocenters. The van der Waals surface area contributed by atoms with Crippen molar-refractivity contribution >= 4 is 5.69 Å². The van der Waals surface area contributed by atoms with E-state index in [0.29, 0.717) is 11.5 Å². The average Bonchev–Trinajstić information content (AvgIpc) is 2.80. The zero-order valence-electron chi connectivity index (χ0n) is 11.6. The zero-order valence-corrected chi connectivity index (χ0v) is 11.6. The Kier molecular flexibility index (Phi) is 4.41. The van der Waals surface area contributed by atoms with E-state index in [9.17, 15) is 10.4 Å². The average molecular weight is 259 g/mol. The first-order valence-electron chi connectivity index (χ1n) is 6.76. The fourth-order valence-corrected chi connectivity index (χ4v) is 2.82. The van der Waals surface area contributed by atoms with E-state index in [1.807, 2.05) is 25.2 Å². The van der Waals surface area contributed by atoms with Gasteiger partial charge in [-0.3, -0.25) is 0 Å². The molecule has 19 heavy (non-hydrogen) atoms. The molecule has 1 heterocycles. The van der Waals surface area contributed by atoms with Crippen molar-refractivity contribution in [1.29, 1.82) is 5.26 Å². The van der Waals surface area contributed by atoms with Gasteiger partial charge in [-0.25, -0.2) is 0 Å². The largest absolute Gasteiger partial charge is 0.394 e. The second-order valence-corrected chi connectivity index (χ2v) is 5.20. The van der Waals surface area contributed by atoms with Crippen molar-refractivity contribution in [3.8, 4) is 6.07 Å². The Labute approximate surface area is 114 Å². The van der Waals surface area contributed by atoms with Gasteiger partial charge in [-0.05, 0) is 37.1 Å². The van der Waals surface area contributed by atoms with Gasteiger partial charge in [0.15, 0.2) is 0 Å². The van der Waals surface area contributed by atoms with E-state index in [-0.39, 0.29) is 12.6 Å². The summed E-state index contributed by atoms with van der Waals surface area (Å²) < 4.78 is 0. The summed E-state index contributed by atoms with van der Waals surface area (Å²) in [5.41, 5.74) is 2.75. The molecule has 1 saturated heterocycles. The Hall–Kier alpha value is -1.57. The first kappa shape index (κ1) is 13.9. The molecule has 1 fully saturated rings. The van der Waals surface area contributed by atoms with E-state index in [0.717, 1.165) is 30.8 Å². The standard InChI is InChI=1S/C15H21N3O/c1-11-5-6-18(15(11)10-19)14-4-3-12(9-17-2)7-13(14)8-16/h3-4,7,11,15,17,19H,5-6,9-10H2,1-2H3. The quantitative estimate of drug-likeness (QED) is 0.860. The Balaban J connectivity index is 2.32. The summed E-state index contributed by atoms with van der Waals surface area (Å²) in [5.74, 6) is 0.466. The molecule has 102 valence electrons. The van der Waals surface area contributed by atoms with Gasteiger partial charge in [0.05, 0.1) is 23.9 Å². The molecule has 0 amide bonds. The number of benzene rings is 1. The molecule has 0 radical (unpaired) electrons. The third kappa shape index (κ3) is 2.73. The number of aliphatic hydroxyl groups is 1. The number of nitrogens with one attached hydrogen (secondary N) is 1. The number of aliphatic hydroxyl groups excluding tert-OH is 1. The van der Waals surface area contributed by atoms with Crippen LogP contribution < -0.4 is 10.2 Å². The summed E-state index contributed by atoms with van der Waals surface area (Å²) in [6.07, 6.45) is 1.06. The van der Waals surface area contributed by atoms with Crippen LogP contribution in [0.2, 0.25) is 0 Å². The molecule has 4 nitrogen and oxygen atoms in total. The number of hydrogen-bond acceptors (Lipinski definition) is 4. The van der Waals surface area contributed by atoms with Crippen LogP contribution in [0.25, 0.3) is 0 Å². The molecule has 0 saturated carbocycles. The van der Waals surface area contributed by atoms with Gasteiger partial charge < -0.3 is 15.3 Å². The SMILES string of the molecule is CNCc1ccc(N2CCC(C)C2CO)c(C#N)c1. The lowest BCUT2D eigenvalue weighted by Gasteiger charge is -2.28. The minimum Gasteiger partial charge on any atom is -0.394 e. The fraction of sp³-hybridized carbons (Fsp3) is 0.533. The Bertz CT molecular complexity index is 481. The van der Waals surface area contributed by atoms with Gasteiger partial charge in [-0.2, -0.15) is 5.26 Å². The molecule has 1 aliphatic rings. The summed E-state index contributed by atoms with van der Waals surface area (Å²) in [6, 6.07) is 8.39. The van der Waals surface area contributed by atoms with Crippen molar-refractivity contribution in [3.63, 3.8) is 0 Å². The molecule has 2 N–H and O–H groups in total. The Morgan fingerprint density at radius 3 is 2.95 bits per heavy atom. The summed E-state index contributed by atoms with van der Waals surface area (Å²) in [4.78, 5) is 2.17. The van der Waals surface area contributed by atoms with Crippen LogP contribution in [0.1, 0.15) is 24.5 Å². The summed E-state index contributed by atoms with van der Waals surface area (Å²) >= 11 is 0. The van der Waals surface area contributed by atoms with Crippen molar-refractivity contribution < 1.29 is 5.11 Å². The van der Waals surface area contributed by atoms with Crippen molar-refractivity contribution in [2.24, 2.45) is 5.92 Å². The van der Waals surface area contributed by atoms with Crippen LogP contribution in [0.5, 0.6) is 0 Å². The molecule has 4 heteroatoms. The van der Waals surface area contributed by atoms with Crippen molar-refractivity contribution in [1.82, 2.24) is 5.32 Å². The number of nitriles is 1. The van der Waals surface area contributed by atoms with Crippen LogP contribution in [-0.4, -0.2) is 31.3 Å². The number of rotatable bonds is 4. The molecule has 1 aromatic carbocycles. The smallest absolute Gasteiger partial charge is 0.101 e. The van der Waals surface area contributed by atoms with Crippen LogP contribution >= 0.6 is 0 Å². The molecular formula is C15H21N3O. The highest BCUT2D eigenvalue weighted by molar-refractivity contribution is 5.61. The number of nitrogens with zero attached hydrogens (tertiary/aromatic N) is 2. The van der Waals surface area contributed by atoms with Crippen LogP contribution in [0.15, 0.2) is 18.2 Å². The maximum Gasteiger partial charge on any atom is 0.101 e. The molecule has 0 aromatic heterocycles. The molecule has 2 unspecified atom stereocenters. The summed E-state index contributed by atoms with van der Waals surface area (Å²) in [7, 11) is 1.89. The highest BCUT2D eigenvalue weighted by Crippen LogP contribution is 2.32. The fourth-order valence-electron chi connectivity index (χ4n) is 2.82. The molecule has 1 aromatic rings. The van der Waals surface area contributed by atoms with Crippen LogP contribution in [0, 0.1) is 17.2 Å². The minimum absolute atomic E-state index is 0.127. The predicted octanol–water partition coefficient (Wildman–Crippen LogP) is 1.48. The second-order valence-electron chi connectivity index (χ2n) is 5.20. The van der Waals surface area contributed by atoms with E-state index in [1.54, 1.807) is 0 Å². The van der Waals surface area contributed by atoms with E-state index < -0.39 is 0 Å². The minimum atomic E-state index is 0.127. The topological polar surface area (TPSA) is 59.3 Å². The van der Waals surface area contributed by atoms with Crippen molar-refractivity contribution in [2.45, 2.75) is 25.9 Å². The maximum absolute atomic E-state index is 9.54. The maximum atomic E-state index is 9.54. The van der Waals surface area contributed by atoms with Crippen LogP contribution in [0.4, 0.5) is 5.69 Å². The monoisotopic (exact) mass is 259 g/mol. The summed E-state index contributed by atoms with van der Waals surface area (Å²) in [6.45, 7) is 3.97. The lowest BCUT2D eigenvalue weighted by Crippen LogP contribution is -2.35. The van der Waals surface area contributed by atoms with Crippen LogP contribution in [-0.2, 0) is 6.54 Å². The molecule has 2 rings (SSSR count). The predicted molar refractivity (Wildman–Crippen MR) is 75.9 cm³/mol. The first-order chi connectivity index (χ1) is 9.21. The Morgan fingerprint density at radius 2 is 2.32 bits per heavy atom. The van der Waals surface area contributed by atoms with Gasteiger partial charge in [0.1, 0.15) is 6.07 Å². The zero-order chi connectivity index (χ0) is 13.8. The van der Waals surface area contributed by atoms with E-state index in [2.05, 4.69) is 23.2 Å². The Morgan fingerprint density at radius 1 is 1.53 bits per heavy atom. The lowest BCUT2D eigenvalue weighted by atomic mass is 10.0. The van der Waals surface area contributed by atoms with E-state index in [1.165, 1.54) is 0 Å². The highest BCUT2D eigenvalue weighted by atomic mass is 16.3. The van der Waals surface area contributed by atoms with Crippen molar-refractivity contribution in [3.05, 3.63) is 29.3 Å². The molecule has 0 bridgehead atoms. The van der Waals surface area contributed by atoms with E-state index in [4.69, 9.17) is 0 Å². The molecule has 1 aliphatic heterocycles. The number of anilines is 1. The number of hydrogen-bond donors (Lipinski definition) is 2. The van der Waals surface area contributed by atoms with Crippen LogP contribution in [0.3, 0.4) is 0 Å². The first-order valence-corrected chi connectivity index (χ1v) is 6.76. The van der Waals surface area contributed by atoms with Gasteiger partial charge >= 0.3 is 0 Å². The van der Waals surface area contributed by atoms with Crippen molar-refractivity contribution in [2.75, 3.05) is 25.1 Å². The van der Waals surface area contributed by atoms with Gasteiger partial charge in [-0.1, -0.05) is 13.0 Å². The van der Waals surface area contributed by atoms with Gasteiger partial charge in [-0.15, -0.1) is 0 Å². The van der Waals surface area contributed by atoms with Gasteiger partial charge in [0.2, 0.25) is 0 Å². The molecular weight excluding hydrogens is 238 g/mol. The second kappa shape index (κ2) is 6.05. The normalized spacial score (nSPS) is 22.5. The lowest BCUT2D eigenvalue weighted by molar-refractivity contribution is 0.244. The van der Waals surface area contributed by atoms with Gasteiger partial charge in [0, 0.05) is 13.1 Å².